The van der Waals surface area contributed by atoms with Gasteiger partial charge in [-0.25, -0.2) is 4.68 Å². The first-order valence-electron chi connectivity index (χ1n) is 6.45. The average molecular weight is 292 g/mol. The van der Waals surface area contributed by atoms with E-state index in [-0.39, 0.29) is 12.4 Å². The van der Waals surface area contributed by atoms with Crippen LogP contribution in [0.1, 0.15) is 11.3 Å². The lowest BCUT2D eigenvalue weighted by Crippen LogP contribution is -2.27. The van der Waals surface area contributed by atoms with Crippen LogP contribution in [-0.2, 0) is 6.54 Å². The Morgan fingerprint density at radius 2 is 2.10 bits per heavy atom. The third-order valence-electron chi connectivity index (χ3n) is 3.00. The van der Waals surface area contributed by atoms with Crippen molar-refractivity contribution in [2.75, 3.05) is 18.4 Å². The van der Waals surface area contributed by atoms with Gasteiger partial charge in [-0.3, -0.25) is 4.99 Å². The van der Waals surface area contributed by atoms with Crippen LogP contribution in [-0.4, -0.2) is 28.8 Å². The largest absolute Gasteiger partial charge is 0.354 e. The minimum absolute atomic E-state index is 0. The highest BCUT2D eigenvalue weighted by atomic mass is 35.5. The van der Waals surface area contributed by atoms with Crippen LogP contribution in [0.25, 0.3) is 0 Å². The molecule has 0 atom stereocenters. The zero-order chi connectivity index (χ0) is 13.1. The molecule has 2 aromatic rings. The van der Waals surface area contributed by atoms with E-state index in [1.165, 1.54) is 5.56 Å². The molecule has 1 aromatic carbocycles. The number of hydrogen-bond acceptors (Lipinski definition) is 4. The summed E-state index contributed by atoms with van der Waals surface area (Å²) in [5.74, 6) is 1.80. The first-order chi connectivity index (χ1) is 9.31. The molecule has 0 saturated carbocycles. The molecule has 20 heavy (non-hydrogen) atoms. The smallest absolute Gasteiger partial charge is 0.197 e. The van der Waals surface area contributed by atoms with Crippen molar-refractivity contribution in [1.29, 1.82) is 0 Å². The molecule has 0 spiro atoms. The fraction of sp³-hybridized carbons (Fsp3) is 0.286. The maximum Gasteiger partial charge on any atom is 0.197 e. The molecule has 1 aliphatic heterocycles. The molecule has 106 valence electrons. The molecule has 0 unspecified atom stereocenters. The van der Waals surface area contributed by atoms with Gasteiger partial charge in [0.15, 0.2) is 5.96 Å². The Balaban J connectivity index is 0.00000147. The molecular formula is C14H18ClN5. The van der Waals surface area contributed by atoms with Crippen molar-refractivity contribution in [2.24, 2.45) is 4.99 Å². The number of aromatic nitrogens is 2. The maximum atomic E-state index is 4.52. The molecule has 0 aliphatic carbocycles. The van der Waals surface area contributed by atoms with Crippen LogP contribution >= 0.6 is 12.4 Å². The van der Waals surface area contributed by atoms with Crippen LogP contribution in [0.4, 0.5) is 5.82 Å². The highest BCUT2D eigenvalue weighted by Crippen LogP contribution is 2.13. The first-order valence-corrected chi connectivity index (χ1v) is 6.45. The predicted molar refractivity (Wildman–Crippen MR) is 83.7 cm³/mol. The maximum absolute atomic E-state index is 4.52. The van der Waals surface area contributed by atoms with Gasteiger partial charge < -0.3 is 10.6 Å². The van der Waals surface area contributed by atoms with E-state index < -0.39 is 0 Å². The second-order valence-electron chi connectivity index (χ2n) is 4.60. The minimum Gasteiger partial charge on any atom is -0.354 e. The van der Waals surface area contributed by atoms with Crippen molar-refractivity contribution in [3.05, 3.63) is 47.7 Å². The zero-order valence-electron chi connectivity index (χ0n) is 11.3. The van der Waals surface area contributed by atoms with E-state index in [0.717, 1.165) is 37.1 Å². The molecule has 0 fully saturated rings. The fourth-order valence-corrected chi connectivity index (χ4v) is 2.13. The summed E-state index contributed by atoms with van der Waals surface area (Å²) in [6.45, 7) is 4.48. The van der Waals surface area contributed by atoms with Crippen LogP contribution in [0.3, 0.4) is 0 Å². The van der Waals surface area contributed by atoms with Gasteiger partial charge in [0.2, 0.25) is 0 Å². The molecule has 1 aliphatic rings. The number of nitrogens with one attached hydrogen (secondary N) is 2. The van der Waals surface area contributed by atoms with Crippen molar-refractivity contribution in [3.8, 4) is 0 Å². The van der Waals surface area contributed by atoms with Gasteiger partial charge in [-0.2, -0.15) is 5.10 Å². The van der Waals surface area contributed by atoms with Gasteiger partial charge >= 0.3 is 0 Å². The van der Waals surface area contributed by atoms with Gasteiger partial charge in [0, 0.05) is 12.6 Å². The van der Waals surface area contributed by atoms with E-state index in [1.807, 2.05) is 35.9 Å². The third kappa shape index (κ3) is 3.30. The van der Waals surface area contributed by atoms with Crippen molar-refractivity contribution in [1.82, 2.24) is 15.1 Å². The monoisotopic (exact) mass is 291 g/mol. The molecule has 5 nitrogen and oxygen atoms in total. The topological polar surface area (TPSA) is 54.2 Å². The molecular weight excluding hydrogens is 274 g/mol. The molecule has 0 saturated heterocycles. The second kappa shape index (κ2) is 6.43. The van der Waals surface area contributed by atoms with Gasteiger partial charge in [0.05, 0.1) is 18.8 Å². The van der Waals surface area contributed by atoms with E-state index in [1.54, 1.807) is 0 Å². The summed E-state index contributed by atoms with van der Waals surface area (Å²) in [5, 5.41) is 11.0. The van der Waals surface area contributed by atoms with Crippen molar-refractivity contribution in [2.45, 2.75) is 13.5 Å². The lowest BCUT2D eigenvalue weighted by atomic mass is 10.2. The number of benzene rings is 1. The summed E-state index contributed by atoms with van der Waals surface area (Å²) in [6.07, 6.45) is 0. The molecule has 1 aromatic heterocycles. The quantitative estimate of drug-likeness (QED) is 0.910. The summed E-state index contributed by atoms with van der Waals surface area (Å²) in [6, 6.07) is 12.3. The van der Waals surface area contributed by atoms with E-state index >= 15 is 0 Å². The Bertz CT molecular complexity index is 591. The van der Waals surface area contributed by atoms with Gasteiger partial charge in [0.1, 0.15) is 5.82 Å². The van der Waals surface area contributed by atoms with E-state index in [0.29, 0.717) is 0 Å². The van der Waals surface area contributed by atoms with Gasteiger partial charge in [-0.1, -0.05) is 30.3 Å². The number of hydrogen-bond donors (Lipinski definition) is 2. The zero-order valence-corrected chi connectivity index (χ0v) is 12.2. The Labute approximate surface area is 124 Å². The molecule has 2 heterocycles. The fourth-order valence-electron chi connectivity index (χ4n) is 2.13. The highest BCUT2D eigenvalue weighted by molar-refractivity contribution is 5.93. The SMILES string of the molecule is Cc1cc(NC2=NCCN2)n(Cc2ccccc2)n1.Cl. The molecule has 6 heteroatoms. The lowest BCUT2D eigenvalue weighted by Gasteiger charge is -2.09. The van der Waals surface area contributed by atoms with Crippen LogP contribution in [0, 0.1) is 6.92 Å². The number of aryl methyl sites for hydroxylation is 1. The number of aliphatic imine (C=N–C) groups is 1. The Morgan fingerprint density at radius 3 is 2.80 bits per heavy atom. The molecule has 0 amide bonds. The van der Waals surface area contributed by atoms with Crippen molar-refractivity contribution in [3.63, 3.8) is 0 Å². The summed E-state index contributed by atoms with van der Waals surface area (Å²) >= 11 is 0. The highest BCUT2D eigenvalue weighted by Gasteiger charge is 2.10. The van der Waals surface area contributed by atoms with Crippen LogP contribution < -0.4 is 10.6 Å². The van der Waals surface area contributed by atoms with Crippen molar-refractivity contribution >= 4 is 24.2 Å². The number of rotatable bonds is 3. The Hall–Kier alpha value is -2.01. The van der Waals surface area contributed by atoms with Gasteiger partial charge in [0.25, 0.3) is 0 Å². The normalized spacial score (nSPS) is 13.3. The number of guanidine groups is 1. The number of nitrogens with zero attached hydrogens (tertiary/aromatic N) is 3. The van der Waals surface area contributed by atoms with Gasteiger partial charge in [-0.15, -0.1) is 12.4 Å². The van der Waals surface area contributed by atoms with Crippen LogP contribution in [0.15, 0.2) is 41.4 Å². The lowest BCUT2D eigenvalue weighted by molar-refractivity contribution is 0.688. The van der Waals surface area contributed by atoms with E-state index in [2.05, 4.69) is 32.9 Å². The Kier molecular flexibility index (Phi) is 4.63. The summed E-state index contributed by atoms with van der Waals surface area (Å²) in [7, 11) is 0. The third-order valence-corrected chi connectivity index (χ3v) is 3.00. The molecule has 3 rings (SSSR count). The average Bonchev–Trinajstić information content (AvgIpc) is 3.02. The van der Waals surface area contributed by atoms with E-state index in [4.69, 9.17) is 0 Å². The number of anilines is 1. The minimum atomic E-state index is 0. The Morgan fingerprint density at radius 1 is 1.30 bits per heavy atom. The molecule has 2 N–H and O–H groups in total. The van der Waals surface area contributed by atoms with E-state index in [9.17, 15) is 0 Å². The predicted octanol–water partition coefficient (Wildman–Crippen LogP) is 2.03. The first kappa shape index (κ1) is 14.4. The molecule has 0 radical (unpaired) electrons. The van der Waals surface area contributed by atoms with Crippen LogP contribution in [0.5, 0.6) is 0 Å². The number of halogens is 1. The summed E-state index contributed by atoms with van der Waals surface area (Å²) in [4.78, 5) is 4.34. The molecule has 0 bridgehead atoms. The summed E-state index contributed by atoms with van der Waals surface area (Å²) in [5.41, 5.74) is 2.23. The van der Waals surface area contributed by atoms with Crippen LogP contribution in [0.2, 0.25) is 0 Å². The standard InChI is InChI=1S/C14H17N5.ClH/c1-11-9-13(17-14-15-7-8-16-14)19(18-11)10-12-5-3-2-4-6-12;/h2-6,9H,7-8,10H2,1H3,(H2,15,16,17);1H. The van der Waals surface area contributed by atoms with Crippen molar-refractivity contribution < 1.29 is 0 Å². The second-order valence-corrected chi connectivity index (χ2v) is 4.60. The summed E-state index contributed by atoms with van der Waals surface area (Å²) < 4.78 is 1.97. The van der Waals surface area contributed by atoms with Gasteiger partial charge in [-0.05, 0) is 12.5 Å².